The van der Waals surface area contributed by atoms with Crippen molar-refractivity contribution < 1.29 is 19.1 Å². The van der Waals surface area contributed by atoms with Gasteiger partial charge in [-0.1, -0.05) is 56.3 Å². The second-order valence-corrected chi connectivity index (χ2v) is 6.87. The molecule has 0 aliphatic carbocycles. The Labute approximate surface area is 160 Å². The molecule has 5 heteroatoms. The first kappa shape index (κ1) is 20.5. The molecular formula is C22H27NO4. The van der Waals surface area contributed by atoms with Crippen LogP contribution < -0.4 is 10.1 Å². The minimum absolute atomic E-state index is 0.178. The molecule has 0 heterocycles. The lowest BCUT2D eigenvalue weighted by molar-refractivity contribution is -0.149. The number of hydrogen-bond acceptors (Lipinski definition) is 4. The lowest BCUT2D eigenvalue weighted by atomic mass is 10.0. The van der Waals surface area contributed by atoms with Crippen LogP contribution in [0.15, 0.2) is 54.6 Å². The van der Waals surface area contributed by atoms with Crippen molar-refractivity contribution in [3.8, 4) is 5.75 Å². The van der Waals surface area contributed by atoms with Crippen molar-refractivity contribution in [1.29, 1.82) is 0 Å². The number of carbonyl (C=O) groups is 2. The third-order valence-electron chi connectivity index (χ3n) is 4.05. The van der Waals surface area contributed by atoms with E-state index in [0.29, 0.717) is 12.2 Å². The molecule has 2 aromatic rings. The van der Waals surface area contributed by atoms with Crippen LogP contribution in [0.4, 0.5) is 0 Å². The van der Waals surface area contributed by atoms with Gasteiger partial charge in [0, 0.05) is 0 Å². The Bertz CT molecular complexity index is 743. The molecule has 2 rings (SSSR count). The largest absolute Gasteiger partial charge is 0.497 e. The van der Waals surface area contributed by atoms with Crippen LogP contribution in [0, 0.1) is 5.92 Å². The molecule has 1 atom stereocenters. The molecule has 1 amide bonds. The molecule has 0 saturated heterocycles. The van der Waals surface area contributed by atoms with E-state index in [1.807, 2.05) is 68.4 Å². The molecule has 144 valence electrons. The van der Waals surface area contributed by atoms with Crippen molar-refractivity contribution in [2.24, 2.45) is 5.92 Å². The zero-order chi connectivity index (χ0) is 19.6. The van der Waals surface area contributed by atoms with Crippen molar-refractivity contribution in [3.63, 3.8) is 0 Å². The van der Waals surface area contributed by atoms with E-state index >= 15 is 0 Å². The lowest BCUT2D eigenvalue weighted by Gasteiger charge is -2.19. The predicted molar refractivity (Wildman–Crippen MR) is 104 cm³/mol. The van der Waals surface area contributed by atoms with E-state index < -0.39 is 12.0 Å². The second kappa shape index (κ2) is 10.4. The maximum absolute atomic E-state index is 12.5. The van der Waals surface area contributed by atoms with Crippen LogP contribution in [0.2, 0.25) is 0 Å². The molecule has 27 heavy (non-hydrogen) atoms. The summed E-state index contributed by atoms with van der Waals surface area (Å²) in [6, 6.07) is 16.1. The van der Waals surface area contributed by atoms with Gasteiger partial charge in [-0.3, -0.25) is 4.79 Å². The Hall–Kier alpha value is -2.82. The molecule has 2 aromatic carbocycles. The molecule has 0 aliphatic heterocycles. The number of rotatable bonds is 9. The summed E-state index contributed by atoms with van der Waals surface area (Å²) in [5.41, 5.74) is 1.74. The Balaban J connectivity index is 1.95. The Morgan fingerprint density at radius 2 is 1.70 bits per heavy atom. The molecule has 0 fully saturated rings. The number of benzene rings is 2. The quantitative estimate of drug-likeness (QED) is 0.687. The molecule has 0 aliphatic rings. The molecule has 0 aromatic heterocycles. The summed E-state index contributed by atoms with van der Waals surface area (Å²) in [6.45, 7) is 4.21. The number of nitrogens with one attached hydrogen (secondary N) is 1. The van der Waals surface area contributed by atoms with E-state index in [2.05, 4.69) is 5.32 Å². The van der Waals surface area contributed by atoms with Gasteiger partial charge in [0.05, 0.1) is 13.5 Å². The molecule has 0 spiro atoms. The Morgan fingerprint density at radius 1 is 1.00 bits per heavy atom. The number of amides is 1. The van der Waals surface area contributed by atoms with Crippen LogP contribution >= 0.6 is 0 Å². The monoisotopic (exact) mass is 369 g/mol. The van der Waals surface area contributed by atoms with Crippen molar-refractivity contribution in [2.75, 3.05) is 7.11 Å². The Kier molecular flexibility index (Phi) is 7.86. The maximum atomic E-state index is 12.5. The fourth-order valence-electron chi connectivity index (χ4n) is 2.73. The van der Waals surface area contributed by atoms with Gasteiger partial charge in [0.2, 0.25) is 5.91 Å². The smallest absolute Gasteiger partial charge is 0.328 e. The highest BCUT2D eigenvalue weighted by atomic mass is 16.5. The first-order chi connectivity index (χ1) is 13.0. The molecular weight excluding hydrogens is 342 g/mol. The normalized spacial score (nSPS) is 11.7. The third kappa shape index (κ3) is 7.13. The highest BCUT2D eigenvalue weighted by Crippen LogP contribution is 2.14. The fourth-order valence-corrected chi connectivity index (χ4v) is 2.73. The SMILES string of the molecule is COc1cccc(CC(=O)N[C@@H](CC(C)C)C(=O)OCc2ccccc2)c1. The molecule has 0 radical (unpaired) electrons. The third-order valence-corrected chi connectivity index (χ3v) is 4.05. The number of methoxy groups -OCH3 is 1. The molecule has 0 bridgehead atoms. The minimum atomic E-state index is -0.660. The van der Waals surface area contributed by atoms with Crippen LogP contribution in [0.3, 0.4) is 0 Å². The highest BCUT2D eigenvalue weighted by Gasteiger charge is 2.23. The standard InChI is InChI=1S/C22H27NO4/c1-16(2)12-20(22(25)27-15-17-8-5-4-6-9-17)23-21(24)14-18-10-7-11-19(13-18)26-3/h4-11,13,16,20H,12,14-15H2,1-3H3,(H,23,24)/t20-/m0/s1. The number of hydrogen-bond donors (Lipinski definition) is 1. The van der Waals surface area contributed by atoms with E-state index in [1.54, 1.807) is 7.11 Å². The van der Waals surface area contributed by atoms with Crippen LogP contribution in [-0.4, -0.2) is 25.0 Å². The van der Waals surface area contributed by atoms with Crippen LogP contribution in [0.1, 0.15) is 31.4 Å². The molecule has 0 unspecified atom stereocenters. The molecule has 0 saturated carbocycles. The molecule has 5 nitrogen and oxygen atoms in total. The number of ether oxygens (including phenoxy) is 2. The van der Waals surface area contributed by atoms with Crippen molar-refractivity contribution in [1.82, 2.24) is 5.32 Å². The van der Waals surface area contributed by atoms with Gasteiger partial charge in [-0.2, -0.15) is 0 Å². The summed E-state index contributed by atoms with van der Waals surface area (Å²) in [5, 5.41) is 2.82. The van der Waals surface area contributed by atoms with Gasteiger partial charge < -0.3 is 14.8 Å². The topological polar surface area (TPSA) is 64.6 Å². The van der Waals surface area contributed by atoms with Gasteiger partial charge in [-0.05, 0) is 35.6 Å². The van der Waals surface area contributed by atoms with Crippen LogP contribution in [0.5, 0.6) is 5.75 Å². The average Bonchev–Trinajstić information content (AvgIpc) is 2.66. The van der Waals surface area contributed by atoms with E-state index in [9.17, 15) is 9.59 Å². The number of carbonyl (C=O) groups excluding carboxylic acids is 2. The van der Waals surface area contributed by atoms with Gasteiger partial charge in [-0.15, -0.1) is 0 Å². The zero-order valence-electron chi connectivity index (χ0n) is 16.1. The van der Waals surface area contributed by atoms with Gasteiger partial charge >= 0.3 is 5.97 Å². The first-order valence-corrected chi connectivity index (χ1v) is 9.10. The van der Waals surface area contributed by atoms with E-state index in [0.717, 1.165) is 11.1 Å². The van der Waals surface area contributed by atoms with Gasteiger partial charge in [0.25, 0.3) is 0 Å². The Morgan fingerprint density at radius 3 is 2.37 bits per heavy atom. The van der Waals surface area contributed by atoms with Crippen molar-refractivity contribution >= 4 is 11.9 Å². The van der Waals surface area contributed by atoms with Gasteiger partial charge in [0.1, 0.15) is 18.4 Å². The summed E-state index contributed by atoms with van der Waals surface area (Å²) in [7, 11) is 1.58. The first-order valence-electron chi connectivity index (χ1n) is 9.10. The second-order valence-electron chi connectivity index (χ2n) is 6.87. The highest BCUT2D eigenvalue weighted by molar-refractivity contribution is 5.85. The zero-order valence-corrected chi connectivity index (χ0v) is 16.1. The van der Waals surface area contributed by atoms with Crippen LogP contribution in [0.25, 0.3) is 0 Å². The fraction of sp³-hybridized carbons (Fsp3) is 0.364. The van der Waals surface area contributed by atoms with E-state index in [1.165, 1.54) is 0 Å². The van der Waals surface area contributed by atoms with Crippen molar-refractivity contribution in [2.45, 2.75) is 39.3 Å². The van der Waals surface area contributed by atoms with E-state index in [-0.39, 0.29) is 24.9 Å². The maximum Gasteiger partial charge on any atom is 0.328 e. The van der Waals surface area contributed by atoms with Gasteiger partial charge in [-0.25, -0.2) is 4.79 Å². The van der Waals surface area contributed by atoms with Crippen LogP contribution in [-0.2, 0) is 27.4 Å². The summed E-state index contributed by atoms with van der Waals surface area (Å²) in [4.78, 5) is 24.9. The summed E-state index contributed by atoms with van der Waals surface area (Å²) in [5.74, 6) is 0.315. The molecule has 1 N–H and O–H groups in total. The minimum Gasteiger partial charge on any atom is -0.497 e. The summed E-state index contributed by atoms with van der Waals surface area (Å²) >= 11 is 0. The summed E-state index contributed by atoms with van der Waals surface area (Å²) < 4.78 is 10.6. The predicted octanol–water partition coefficient (Wildman–Crippen LogP) is 3.51. The van der Waals surface area contributed by atoms with E-state index in [4.69, 9.17) is 9.47 Å². The van der Waals surface area contributed by atoms with Crippen molar-refractivity contribution in [3.05, 3.63) is 65.7 Å². The summed E-state index contributed by atoms with van der Waals surface area (Å²) in [6.07, 6.45) is 0.704. The van der Waals surface area contributed by atoms with Gasteiger partial charge in [0.15, 0.2) is 0 Å². The lowest BCUT2D eigenvalue weighted by Crippen LogP contribution is -2.43. The number of esters is 1. The average molecular weight is 369 g/mol.